The van der Waals surface area contributed by atoms with Crippen LogP contribution in [0.2, 0.25) is 0 Å². The molecular weight excluding hydrogens is 200 g/mol. The Hall–Kier alpha value is -1.68. The van der Waals surface area contributed by atoms with E-state index in [4.69, 9.17) is 0 Å². The standard InChI is InChI=1S/C12H16N4/c1-10-4-3-5-11(6-10)8-16-12(7-13-2)14-9-15-16/h3-6,9,13H,7-8H2,1-2H3. The summed E-state index contributed by atoms with van der Waals surface area (Å²) in [5, 5.41) is 7.31. The topological polar surface area (TPSA) is 42.7 Å². The van der Waals surface area contributed by atoms with Crippen molar-refractivity contribution in [2.24, 2.45) is 0 Å². The van der Waals surface area contributed by atoms with Crippen LogP contribution in [0.4, 0.5) is 0 Å². The number of hydrogen-bond acceptors (Lipinski definition) is 3. The Morgan fingerprint density at radius 3 is 3.00 bits per heavy atom. The summed E-state index contributed by atoms with van der Waals surface area (Å²) in [7, 11) is 1.91. The summed E-state index contributed by atoms with van der Waals surface area (Å²) in [6, 6.07) is 8.45. The first-order valence-corrected chi connectivity index (χ1v) is 5.36. The molecule has 84 valence electrons. The van der Waals surface area contributed by atoms with Gasteiger partial charge in [0.1, 0.15) is 12.2 Å². The second-order valence-electron chi connectivity index (χ2n) is 3.85. The van der Waals surface area contributed by atoms with Gasteiger partial charge in [0.2, 0.25) is 0 Å². The lowest BCUT2D eigenvalue weighted by molar-refractivity contribution is 0.613. The molecule has 4 heteroatoms. The minimum absolute atomic E-state index is 0.742. The van der Waals surface area contributed by atoms with Gasteiger partial charge in [-0.2, -0.15) is 5.10 Å². The number of rotatable bonds is 4. The molecule has 0 fully saturated rings. The van der Waals surface area contributed by atoms with Gasteiger partial charge in [-0.1, -0.05) is 29.8 Å². The van der Waals surface area contributed by atoms with Crippen molar-refractivity contribution in [3.05, 3.63) is 47.5 Å². The second kappa shape index (κ2) is 4.90. The molecule has 1 heterocycles. The molecule has 0 saturated heterocycles. The molecule has 1 aromatic heterocycles. The zero-order chi connectivity index (χ0) is 11.4. The monoisotopic (exact) mass is 216 g/mol. The van der Waals surface area contributed by atoms with Crippen LogP contribution in [0.3, 0.4) is 0 Å². The molecule has 0 bridgehead atoms. The summed E-state index contributed by atoms with van der Waals surface area (Å²) >= 11 is 0. The highest BCUT2D eigenvalue weighted by atomic mass is 15.3. The summed E-state index contributed by atoms with van der Waals surface area (Å²) in [5.74, 6) is 0.962. The van der Waals surface area contributed by atoms with Crippen molar-refractivity contribution in [2.45, 2.75) is 20.0 Å². The SMILES string of the molecule is CNCc1ncnn1Cc1cccc(C)c1. The van der Waals surface area contributed by atoms with Gasteiger partial charge in [-0.05, 0) is 19.5 Å². The third-order valence-electron chi connectivity index (χ3n) is 2.45. The summed E-state index contributed by atoms with van der Waals surface area (Å²) in [6.45, 7) is 3.61. The van der Waals surface area contributed by atoms with Crippen LogP contribution in [0.15, 0.2) is 30.6 Å². The first kappa shape index (κ1) is 10.8. The van der Waals surface area contributed by atoms with Crippen molar-refractivity contribution in [3.63, 3.8) is 0 Å². The quantitative estimate of drug-likeness (QED) is 0.839. The normalized spacial score (nSPS) is 10.6. The molecule has 1 N–H and O–H groups in total. The largest absolute Gasteiger partial charge is 0.313 e. The minimum atomic E-state index is 0.742. The van der Waals surface area contributed by atoms with Crippen LogP contribution in [0, 0.1) is 6.92 Å². The number of benzene rings is 1. The summed E-state index contributed by atoms with van der Waals surface area (Å²) in [5.41, 5.74) is 2.52. The summed E-state index contributed by atoms with van der Waals surface area (Å²) < 4.78 is 1.92. The van der Waals surface area contributed by atoms with Gasteiger partial charge in [0, 0.05) is 0 Å². The number of nitrogens with zero attached hydrogens (tertiary/aromatic N) is 3. The molecule has 0 aliphatic heterocycles. The van der Waals surface area contributed by atoms with Crippen molar-refractivity contribution in [3.8, 4) is 0 Å². The van der Waals surface area contributed by atoms with E-state index in [-0.39, 0.29) is 0 Å². The van der Waals surface area contributed by atoms with Crippen molar-refractivity contribution in [2.75, 3.05) is 7.05 Å². The van der Waals surface area contributed by atoms with E-state index in [1.54, 1.807) is 6.33 Å². The molecule has 0 unspecified atom stereocenters. The second-order valence-corrected chi connectivity index (χ2v) is 3.85. The highest BCUT2D eigenvalue weighted by Gasteiger charge is 2.03. The molecule has 0 spiro atoms. The number of hydrogen-bond donors (Lipinski definition) is 1. The molecule has 1 aromatic carbocycles. The molecule has 0 saturated carbocycles. The van der Waals surface area contributed by atoms with E-state index < -0.39 is 0 Å². The van der Waals surface area contributed by atoms with Gasteiger partial charge >= 0.3 is 0 Å². The van der Waals surface area contributed by atoms with Crippen LogP contribution >= 0.6 is 0 Å². The first-order chi connectivity index (χ1) is 7.79. The summed E-state index contributed by atoms with van der Waals surface area (Å²) in [6.07, 6.45) is 1.60. The maximum absolute atomic E-state index is 4.23. The fourth-order valence-corrected chi connectivity index (χ4v) is 1.70. The third kappa shape index (κ3) is 2.46. The number of aryl methyl sites for hydroxylation is 1. The highest BCUT2D eigenvalue weighted by Crippen LogP contribution is 2.06. The van der Waals surface area contributed by atoms with E-state index in [2.05, 4.69) is 46.6 Å². The van der Waals surface area contributed by atoms with Gasteiger partial charge in [-0.15, -0.1) is 0 Å². The molecule has 0 aliphatic carbocycles. The first-order valence-electron chi connectivity index (χ1n) is 5.36. The summed E-state index contributed by atoms with van der Waals surface area (Å²) in [4.78, 5) is 4.21. The molecule has 0 aliphatic rings. The highest BCUT2D eigenvalue weighted by molar-refractivity contribution is 5.22. The van der Waals surface area contributed by atoms with Gasteiger partial charge in [0.05, 0.1) is 13.1 Å². The van der Waals surface area contributed by atoms with Crippen LogP contribution in [-0.4, -0.2) is 21.8 Å². The van der Waals surface area contributed by atoms with Crippen molar-refractivity contribution in [1.29, 1.82) is 0 Å². The average Bonchev–Trinajstić information content (AvgIpc) is 2.66. The van der Waals surface area contributed by atoms with E-state index in [0.717, 1.165) is 18.9 Å². The Morgan fingerprint density at radius 1 is 1.38 bits per heavy atom. The Morgan fingerprint density at radius 2 is 2.25 bits per heavy atom. The number of nitrogens with one attached hydrogen (secondary N) is 1. The van der Waals surface area contributed by atoms with E-state index in [0.29, 0.717) is 0 Å². The lowest BCUT2D eigenvalue weighted by Gasteiger charge is -2.06. The molecule has 2 aromatic rings. The predicted octanol–water partition coefficient (Wildman–Crippen LogP) is 1.35. The zero-order valence-corrected chi connectivity index (χ0v) is 9.64. The van der Waals surface area contributed by atoms with Crippen LogP contribution in [0.25, 0.3) is 0 Å². The third-order valence-corrected chi connectivity index (χ3v) is 2.45. The van der Waals surface area contributed by atoms with E-state index in [9.17, 15) is 0 Å². The van der Waals surface area contributed by atoms with Crippen LogP contribution in [0.5, 0.6) is 0 Å². The lowest BCUT2D eigenvalue weighted by Crippen LogP contribution is -2.14. The molecule has 0 amide bonds. The Bertz CT molecular complexity index is 462. The smallest absolute Gasteiger partial charge is 0.141 e. The maximum atomic E-state index is 4.23. The molecule has 0 atom stereocenters. The Balaban J connectivity index is 2.17. The predicted molar refractivity (Wildman–Crippen MR) is 63.1 cm³/mol. The van der Waals surface area contributed by atoms with Crippen LogP contribution in [0.1, 0.15) is 17.0 Å². The van der Waals surface area contributed by atoms with Gasteiger partial charge in [0.15, 0.2) is 0 Å². The van der Waals surface area contributed by atoms with E-state index in [1.807, 2.05) is 11.7 Å². The number of aromatic nitrogens is 3. The van der Waals surface area contributed by atoms with Gasteiger partial charge < -0.3 is 5.32 Å². The van der Waals surface area contributed by atoms with E-state index in [1.165, 1.54) is 11.1 Å². The van der Waals surface area contributed by atoms with Crippen molar-refractivity contribution < 1.29 is 0 Å². The molecule has 0 radical (unpaired) electrons. The Kier molecular flexibility index (Phi) is 3.31. The fourth-order valence-electron chi connectivity index (χ4n) is 1.70. The lowest BCUT2D eigenvalue weighted by atomic mass is 10.1. The Labute approximate surface area is 95.3 Å². The fraction of sp³-hybridized carbons (Fsp3) is 0.333. The molecule has 2 rings (SSSR count). The molecule has 16 heavy (non-hydrogen) atoms. The van der Waals surface area contributed by atoms with Gasteiger partial charge in [-0.3, -0.25) is 0 Å². The average molecular weight is 216 g/mol. The van der Waals surface area contributed by atoms with Crippen molar-refractivity contribution in [1.82, 2.24) is 20.1 Å². The van der Waals surface area contributed by atoms with Gasteiger partial charge in [-0.25, -0.2) is 9.67 Å². The van der Waals surface area contributed by atoms with Gasteiger partial charge in [0.25, 0.3) is 0 Å². The minimum Gasteiger partial charge on any atom is -0.313 e. The zero-order valence-electron chi connectivity index (χ0n) is 9.64. The molecular formula is C12H16N4. The maximum Gasteiger partial charge on any atom is 0.141 e. The van der Waals surface area contributed by atoms with Crippen molar-refractivity contribution >= 4 is 0 Å². The van der Waals surface area contributed by atoms with Crippen LogP contribution in [-0.2, 0) is 13.1 Å². The van der Waals surface area contributed by atoms with E-state index >= 15 is 0 Å². The molecule has 4 nitrogen and oxygen atoms in total. The van der Waals surface area contributed by atoms with Crippen LogP contribution < -0.4 is 5.32 Å².